The van der Waals surface area contributed by atoms with Crippen molar-refractivity contribution in [3.63, 3.8) is 0 Å². The maximum atomic E-state index is 5.65. The van der Waals surface area contributed by atoms with Gasteiger partial charge in [-0.3, -0.25) is 4.90 Å². The number of hydrogen-bond acceptors (Lipinski definition) is 4. The van der Waals surface area contributed by atoms with Crippen LogP contribution in [0, 0.1) is 0 Å². The number of benzene rings is 2. The number of rotatable bonds is 5. The smallest absolute Gasteiger partial charge is 0.119 e. The van der Waals surface area contributed by atoms with Gasteiger partial charge in [-0.05, 0) is 60.0 Å². The van der Waals surface area contributed by atoms with Crippen molar-refractivity contribution >= 4 is 21.4 Å². The first-order valence-electron chi connectivity index (χ1n) is 9.50. The molecule has 1 aliphatic heterocycles. The van der Waals surface area contributed by atoms with Crippen molar-refractivity contribution in [3.05, 3.63) is 65.0 Å². The van der Waals surface area contributed by atoms with Crippen LogP contribution in [0.1, 0.15) is 30.5 Å². The number of hydrogen-bond donors (Lipinski definition) is 1. The van der Waals surface area contributed by atoms with E-state index in [1.807, 2.05) is 18.3 Å². The third kappa shape index (κ3) is 3.63. The summed E-state index contributed by atoms with van der Waals surface area (Å²) in [6.07, 6.45) is 1.19. The van der Waals surface area contributed by atoms with Gasteiger partial charge in [0.25, 0.3) is 0 Å². The van der Waals surface area contributed by atoms with Crippen molar-refractivity contribution in [1.82, 2.24) is 10.2 Å². The van der Waals surface area contributed by atoms with Crippen LogP contribution in [0.4, 0.5) is 0 Å². The molecule has 26 heavy (non-hydrogen) atoms. The molecule has 1 atom stereocenters. The Labute approximate surface area is 159 Å². The van der Waals surface area contributed by atoms with Gasteiger partial charge in [-0.1, -0.05) is 30.3 Å². The average Bonchev–Trinajstić information content (AvgIpc) is 2.91. The van der Waals surface area contributed by atoms with Crippen molar-refractivity contribution in [2.45, 2.75) is 19.4 Å². The Morgan fingerprint density at radius 1 is 1.08 bits per heavy atom. The largest absolute Gasteiger partial charge is 0.494 e. The second-order valence-corrected chi connectivity index (χ2v) is 7.64. The highest BCUT2D eigenvalue weighted by Crippen LogP contribution is 2.37. The number of thiophene rings is 1. The number of fused-ring (bicyclic) bond motifs is 1. The molecule has 3 aromatic rings. The maximum absolute atomic E-state index is 5.65. The second-order valence-electron chi connectivity index (χ2n) is 6.73. The molecule has 0 spiro atoms. The summed E-state index contributed by atoms with van der Waals surface area (Å²) in [6, 6.07) is 17.7. The van der Waals surface area contributed by atoms with Crippen LogP contribution >= 0.6 is 11.3 Å². The molecule has 0 bridgehead atoms. The van der Waals surface area contributed by atoms with Crippen LogP contribution in [0.5, 0.6) is 5.75 Å². The van der Waals surface area contributed by atoms with Crippen LogP contribution in [0.15, 0.2) is 53.9 Å². The van der Waals surface area contributed by atoms with Crippen LogP contribution < -0.4 is 10.1 Å². The Hall–Kier alpha value is -1.88. The Kier molecular flexibility index (Phi) is 5.54. The summed E-state index contributed by atoms with van der Waals surface area (Å²) in [4.78, 5) is 2.63. The van der Waals surface area contributed by atoms with E-state index in [4.69, 9.17) is 4.74 Å². The molecule has 1 unspecified atom stereocenters. The van der Waals surface area contributed by atoms with Gasteiger partial charge in [0.2, 0.25) is 0 Å². The molecule has 1 aromatic heterocycles. The average molecular weight is 367 g/mol. The molecule has 3 nitrogen and oxygen atoms in total. The van der Waals surface area contributed by atoms with Gasteiger partial charge in [0.1, 0.15) is 5.75 Å². The van der Waals surface area contributed by atoms with Crippen LogP contribution in [0.3, 0.4) is 0 Å². The Bertz CT molecular complexity index is 835. The lowest BCUT2D eigenvalue weighted by Crippen LogP contribution is -2.32. The molecule has 1 N–H and O–H groups in total. The third-order valence-electron chi connectivity index (χ3n) is 5.05. The van der Waals surface area contributed by atoms with Crippen molar-refractivity contribution < 1.29 is 4.74 Å². The lowest BCUT2D eigenvalue weighted by Gasteiger charge is -2.31. The van der Waals surface area contributed by atoms with Crippen LogP contribution in [-0.2, 0) is 0 Å². The molecule has 0 amide bonds. The fraction of sp³-hybridized carbons (Fsp3) is 0.364. The zero-order valence-corrected chi connectivity index (χ0v) is 16.1. The van der Waals surface area contributed by atoms with Crippen LogP contribution in [0.25, 0.3) is 10.1 Å². The van der Waals surface area contributed by atoms with E-state index in [0.717, 1.165) is 31.9 Å². The molecular formula is C22H26N2OS. The molecule has 2 heterocycles. The van der Waals surface area contributed by atoms with Gasteiger partial charge in [0.05, 0.1) is 12.6 Å². The quantitative estimate of drug-likeness (QED) is 0.709. The van der Waals surface area contributed by atoms with E-state index in [9.17, 15) is 0 Å². The summed E-state index contributed by atoms with van der Waals surface area (Å²) in [6.45, 7) is 7.08. The minimum absolute atomic E-state index is 0.293. The molecule has 2 aromatic carbocycles. The zero-order chi connectivity index (χ0) is 17.8. The summed E-state index contributed by atoms with van der Waals surface area (Å²) in [5.74, 6) is 0.947. The number of nitrogens with one attached hydrogen (secondary N) is 1. The SMILES string of the molecule is CCOc1ccc(C(c2csc3ccccc23)N2CCCNCC2)cc1. The van der Waals surface area contributed by atoms with Crippen LogP contribution in [0.2, 0.25) is 0 Å². The van der Waals surface area contributed by atoms with Crippen molar-refractivity contribution in [2.75, 3.05) is 32.8 Å². The van der Waals surface area contributed by atoms with Gasteiger partial charge in [0, 0.05) is 24.3 Å². The first-order chi connectivity index (χ1) is 12.9. The molecule has 4 rings (SSSR count). The lowest BCUT2D eigenvalue weighted by molar-refractivity contribution is 0.242. The van der Waals surface area contributed by atoms with Gasteiger partial charge in [-0.2, -0.15) is 0 Å². The highest BCUT2D eigenvalue weighted by Gasteiger charge is 2.25. The zero-order valence-electron chi connectivity index (χ0n) is 15.3. The van der Waals surface area contributed by atoms with Crippen molar-refractivity contribution in [2.24, 2.45) is 0 Å². The minimum atomic E-state index is 0.293. The lowest BCUT2D eigenvalue weighted by atomic mass is 9.96. The van der Waals surface area contributed by atoms with Gasteiger partial charge >= 0.3 is 0 Å². The van der Waals surface area contributed by atoms with E-state index in [2.05, 4.69) is 64.1 Å². The summed E-state index contributed by atoms with van der Waals surface area (Å²) < 4.78 is 7.01. The highest BCUT2D eigenvalue weighted by molar-refractivity contribution is 7.17. The van der Waals surface area contributed by atoms with E-state index in [1.165, 1.54) is 27.6 Å². The topological polar surface area (TPSA) is 24.5 Å². The molecule has 1 saturated heterocycles. The van der Waals surface area contributed by atoms with Crippen LogP contribution in [-0.4, -0.2) is 37.7 Å². The second kappa shape index (κ2) is 8.21. The molecule has 1 aliphatic rings. The summed E-state index contributed by atoms with van der Waals surface area (Å²) in [5, 5.41) is 7.27. The Balaban J connectivity index is 1.76. The van der Waals surface area contributed by atoms with Gasteiger partial charge < -0.3 is 10.1 Å². The van der Waals surface area contributed by atoms with E-state index in [1.54, 1.807) is 0 Å². The third-order valence-corrected chi connectivity index (χ3v) is 6.03. The molecule has 136 valence electrons. The molecule has 0 saturated carbocycles. The normalized spacial score (nSPS) is 17.1. The maximum Gasteiger partial charge on any atom is 0.119 e. The van der Waals surface area contributed by atoms with Crippen molar-refractivity contribution in [1.29, 1.82) is 0 Å². The first-order valence-corrected chi connectivity index (χ1v) is 10.4. The Morgan fingerprint density at radius 2 is 1.92 bits per heavy atom. The monoisotopic (exact) mass is 366 g/mol. The minimum Gasteiger partial charge on any atom is -0.494 e. The predicted octanol–water partition coefficient (Wildman–Crippen LogP) is 4.68. The summed E-state index contributed by atoms with van der Waals surface area (Å²) in [7, 11) is 0. The van der Waals surface area contributed by atoms with E-state index in [-0.39, 0.29) is 0 Å². The van der Waals surface area contributed by atoms with E-state index in [0.29, 0.717) is 12.6 Å². The van der Waals surface area contributed by atoms with E-state index < -0.39 is 0 Å². The Morgan fingerprint density at radius 3 is 2.77 bits per heavy atom. The van der Waals surface area contributed by atoms with E-state index >= 15 is 0 Å². The molecule has 0 aliphatic carbocycles. The fourth-order valence-electron chi connectivity index (χ4n) is 3.83. The summed E-state index contributed by atoms with van der Waals surface area (Å²) >= 11 is 1.85. The predicted molar refractivity (Wildman–Crippen MR) is 110 cm³/mol. The van der Waals surface area contributed by atoms with Gasteiger partial charge in [0.15, 0.2) is 0 Å². The van der Waals surface area contributed by atoms with Gasteiger partial charge in [-0.15, -0.1) is 11.3 Å². The number of ether oxygens (including phenoxy) is 1. The molecule has 0 radical (unpaired) electrons. The van der Waals surface area contributed by atoms with Crippen molar-refractivity contribution in [3.8, 4) is 5.75 Å². The fourth-order valence-corrected chi connectivity index (χ4v) is 4.81. The summed E-state index contributed by atoms with van der Waals surface area (Å²) in [5.41, 5.74) is 2.77. The van der Waals surface area contributed by atoms with Gasteiger partial charge in [-0.25, -0.2) is 0 Å². The molecule has 1 fully saturated rings. The standard InChI is InChI=1S/C22H26N2OS/c1-2-25-18-10-8-17(9-11-18)22(24-14-5-12-23-13-15-24)20-16-26-21-7-4-3-6-19(20)21/h3-4,6-11,16,22-23H,2,5,12-15H2,1H3. The highest BCUT2D eigenvalue weighted by atomic mass is 32.1. The first kappa shape index (κ1) is 17.5. The molecule has 4 heteroatoms. The number of nitrogens with zero attached hydrogens (tertiary/aromatic N) is 1. The molecular weight excluding hydrogens is 340 g/mol.